The molecule has 0 aromatic heterocycles. The molecular formula is C16H14BrNO4S. The zero-order valence-corrected chi connectivity index (χ0v) is 14.6. The molecule has 0 spiro atoms. The third-order valence-electron chi connectivity index (χ3n) is 2.90. The van der Waals surface area contributed by atoms with E-state index in [0.717, 1.165) is 4.47 Å². The zero-order valence-electron chi connectivity index (χ0n) is 12.2. The highest BCUT2D eigenvalue weighted by Crippen LogP contribution is 2.21. The first-order chi connectivity index (χ1) is 11.0. The monoisotopic (exact) mass is 395 g/mol. The van der Waals surface area contributed by atoms with Gasteiger partial charge in [0.15, 0.2) is 6.61 Å². The minimum atomic E-state index is -1.32. The van der Waals surface area contributed by atoms with Gasteiger partial charge in [-0.1, -0.05) is 24.3 Å². The number of carbonyl (C=O) groups excluding carboxylic acids is 2. The van der Waals surface area contributed by atoms with Crippen LogP contribution in [0.5, 0.6) is 0 Å². The molecule has 0 unspecified atom stereocenters. The fourth-order valence-electron chi connectivity index (χ4n) is 1.84. The van der Waals surface area contributed by atoms with Gasteiger partial charge >= 0.3 is 5.97 Å². The van der Waals surface area contributed by atoms with E-state index in [1.54, 1.807) is 36.4 Å². The first-order valence-corrected chi connectivity index (χ1v) is 8.98. The molecule has 0 aliphatic carbocycles. The number of nitrogens with one attached hydrogen (secondary N) is 1. The summed E-state index contributed by atoms with van der Waals surface area (Å²) in [5, 5.41) is 2.63. The number of halogens is 1. The predicted molar refractivity (Wildman–Crippen MR) is 91.8 cm³/mol. The minimum absolute atomic E-state index is 0.196. The maximum Gasteiger partial charge on any atom is 0.339 e. The molecule has 1 atom stereocenters. The standard InChI is InChI=1S/C16H14BrNO4S/c1-23(21)14-9-5-2-6-11(14)16(20)22-10-15(19)18-13-8-4-3-7-12(13)17/h2-9H,10H2,1H3,(H,18,19)/t23-/m0/s1. The lowest BCUT2D eigenvalue weighted by atomic mass is 10.2. The number of carbonyl (C=O) groups is 2. The van der Waals surface area contributed by atoms with Crippen molar-refractivity contribution in [3.8, 4) is 0 Å². The molecule has 0 saturated heterocycles. The lowest BCUT2D eigenvalue weighted by molar-refractivity contribution is -0.119. The van der Waals surface area contributed by atoms with Gasteiger partial charge < -0.3 is 10.1 Å². The van der Waals surface area contributed by atoms with Crippen LogP contribution in [0, 0.1) is 0 Å². The molecule has 5 nitrogen and oxygen atoms in total. The second-order valence-corrected chi connectivity index (χ2v) is 6.76. The number of esters is 1. The number of hydrogen-bond acceptors (Lipinski definition) is 4. The largest absolute Gasteiger partial charge is 0.452 e. The first-order valence-electron chi connectivity index (χ1n) is 6.63. The highest BCUT2D eigenvalue weighted by atomic mass is 79.9. The van der Waals surface area contributed by atoms with E-state index in [-0.39, 0.29) is 5.56 Å². The van der Waals surface area contributed by atoms with E-state index >= 15 is 0 Å². The van der Waals surface area contributed by atoms with Gasteiger partial charge in [0.2, 0.25) is 0 Å². The molecule has 2 aromatic carbocycles. The van der Waals surface area contributed by atoms with Crippen molar-refractivity contribution in [1.29, 1.82) is 0 Å². The summed E-state index contributed by atoms with van der Waals surface area (Å²) in [7, 11) is -1.32. The summed E-state index contributed by atoms with van der Waals surface area (Å²) in [5.74, 6) is -1.14. The van der Waals surface area contributed by atoms with Crippen LogP contribution in [0.4, 0.5) is 5.69 Å². The average molecular weight is 396 g/mol. The van der Waals surface area contributed by atoms with Gasteiger partial charge in [-0.2, -0.15) is 0 Å². The van der Waals surface area contributed by atoms with Crippen molar-refractivity contribution in [2.45, 2.75) is 4.90 Å². The summed E-state index contributed by atoms with van der Waals surface area (Å²) in [6.45, 7) is -0.426. The summed E-state index contributed by atoms with van der Waals surface area (Å²) in [4.78, 5) is 24.3. The molecule has 0 radical (unpaired) electrons. The van der Waals surface area contributed by atoms with Gasteiger partial charge in [0.25, 0.3) is 5.91 Å². The fraction of sp³-hybridized carbons (Fsp3) is 0.125. The van der Waals surface area contributed by atoms with Crippen LogP contribution in [0.2, 0.25) is 0 Å². The number of para-hydroxylation sites is 1. The molecule has 2 rings (SSSR count). The molecule has 0 fully saturated rings. The van der Waals surface area contributed by atoms with Crippen LogP contribution >= 0.6 is 15.9 Å². The topological polar surface area (TPSA) is 72.5 Å². The van der Waals surface area contributed by atoms with Crippen molar-refractivity contribution in [2.24, 2.45) is 0 Å². The Kier molecular flexibility index (Phi) is 6.06. The Morgan fingerprint density at radius 2 is 1.78 bits per heavy atom. The molecule has 1 amide bonds. The summed E-state index contributed by atoms with van der Waals surface area (Å²) in [6, 6.07) is 13.5. The molecular weight excluding hydrogens is 382 g/mol. The lowest BCUT2D eigenvalue weighted by Gasteiger charge is -2.09. The second-order valence-electron chi connectivity index (χ2n) is 4.55. The van der Waals surface area contributed by atoms with Crippen molar-refractivity contribution in [3.05, 3.63) is 58.6 Å². The van der Waals surface area contributed by atoms with E-state index < -0.39 is 29.3 Å². The van der Waals surface area contributed by atoms with E-state index in [1.807, 2.05) is 6.07 Å². The summed E-state index contributed by atoms with van der Waals surface area (Å²) < 4.78 is 17.3. The van der Waals surface area contributed by atoms with Crippen LogP contribution in [0.15, 0.2) is 57.9 Å². The van der Waals surface area contributed by atoms with E-state index in [9.17, 15) is 13.8 Å². The molecule has 0 bridgehead atoms. The molecule has 7 heteroatoms. The molecule has 0 heterocycles. The number of rotatable bonds is 5. The van der Waals surface area contributed by atoms with Crippen LogP contribution in [0.3, 0.4) is 0 Å². The Bertz CT molecular complexity index is 763. The van der Waals surface area contributed by atoms with Crippen LogP contribution in [0.1, 0.15) is 10.4 Å². The molecule has 0 aliphatic heterocycles. The van der Waals surface area contributed by atoms with Crippen molar-refractivity contribution in [3.63, 3.8) is 0 Å². The highest BCUT2D eigenvalue weighted by molar-refractivity contribution is 9.10. The molecule has 120 valence electrons. The van der Waals surface area contributed by atoms with Crippen molar-refractivity contribution in [2.75, 3.05) is 18.2 Å². The van der Waals surface area contributed by atoms with Crippen LogP contribution < -0.4 is 5.32 Å². The van der Waals surface area contributed by atoms with Gasteiger partial charge in [0.1, 0.15) is 0 Å². The highest BCUT2D eigenvalue weighted by Gasteiger charge is 2.16. The van der Waals surface area contributed by atoms with Crippen LogP contribution in [-0.2, 0) is 20.3 Å². The van der Waals surface area contributed by atoms with E-state index in [4.69, 9.17) is 4.74 Å². The zero-order chi connectivity index (χ0) is 16.8. The number of hydrogen-bond donors (Lipinski definition) is 1. The van der Waals surface area contributed by atoms with Gasteiger partial charge in [-0.3, -0.25) is 9.00 Å². The lowest BCUT2D eigenvalue weighted by Crippen LogP contribution is -2.21. The third-order valence-corrected chi connectivity index (χ3v) is 4.57. The molecule has 1 N–H and O–H groups in total. The Morgan fingerprint density at radius 1 is 1.13 bits per heavy atom. The Hall–Kier alpha value is -1.99. The van der Waals surface area contributed by atoms with Gasteiger partial charge in [0, 0.05) is 10.7 Å². The molecule has 0 saturated carbocycles. The van der Waals surface area contributed by atoms with E-state index in [1.165, 1.54) is 12.3 Å². The first kappa shape index (κ1) is 17.4. The Balaban J connectivity index is 1.98. The number of benzene rings is 2. The van der Waals surface area contributed by atoms with Crippen molar-refractivity contribution in [1.82, 2.24) is 0 Å². The van der Waals surface area contributed by atoms with Crippen LogP contribution in [-0.4, -0.2) is 28.9 Å². The van der Waals surface area contributed by atoms with Gasteiger partial charge in [-0.05, 0) is 40.2 Å². The van der Waals surface area contributed by atoms with Gasteiger partial charge in [0.05, 0.1) is 26.9 Å². The van der Waals surface area contributed by atoms with Crippen molar-refractivity contribution < 1.29 is 18.5 Å². The van der Waals surface area contributed by atoms with E-state index in [2.05, 4.69) is 21.2 Å². The van der Waals surface area contributed by atoms with Crippen molar-refractivity contribution >= 4 is 44.3 Å². The fourth-order valence-corrected chi connectivity index (χ4v) is 2.96. The molecule has 2 aromatic rings. The smallest absolute Gasteiger partial charge is 0.339 e. The minimum Gasteiger partial charge on any atom is -0.452 e. The quantitative estimate of drug-likeness (QED) is 0.789. The van der Waals surface area contributed by atoms with Gasteiger partial charge in [-0.15, -0.1) is 0 Å². The summed E-state index contributed by atoms with van der Waals surface area (Å²) in [5.41, 5.74) is 0.783. The summed E-state index contributed by atoms with van der Waals surface area (Å²) in [6.07, 6.45) is 1.48. The maximum atomic E-state index is 12.0. The average Bonchev–Trinajstić information content (AvgIpc) is 2.54. The summed E-state index contributed by atoms with van der Waals surface area (Å²) >= 11 is 3.31. The number of ether oxygens (including phenoxy) is 1. The number of anilines is 1. The predicted octanol–water partition coefficient (Wildman–Crippen LogP) is 2.98. The molecule has 0 aliphatic rings. The van der Waals surface area contributed by atoms with E-state index in [0.29, 0.717) is 10.6 Å². The normalized spacial score (nSPS) is 11.6. The maximum absolute atomic E-state index is 12.0. The Morgan fingerprint density at radius 3 is 2.48 bits per heavy atom. The Labute approximate surface area is 144 Å². The second kappa shape index (κ2) is 8.03. The third kappa shape index (κ3) is 4.74. The number of amides is 1. The molecule has 23 heavy (non-hydrogen) atoms. The van der Waals surface area contributed by atoms with Gasteiger partial charge in [-0.25, -0.2) is 4.79 Å². The van der Waals surface area contributed by atoms with Crippen LogP contribution in [0.25, 0.3) is 0 Å². The SMILES string of the molecule is C[S@](=O)c1ccccc1C(=O)OCC(=O)Nc1ccccc1Br.